The largest absolute Gasteiger partial charge is 0.322 e. The molecule has 1 amide bonds. The van der Waals surface area contributed by atoms with E-state index in [0.717, 1.165) is 28.7 Å². The van der Waals surface area contributed by atoms with Gasteiger partial charge in [0.05, 0.1) is 17.3 Å². The number of anilines is 1. The Hall–Kier alpha value is -2.66. The molecule has 0 fully saturated rings. The molecule has 2 aromatic carbocycles. The van der Waals surface area contributed by atoms with Crippen molar-refractivity contribution in [3.63, 3.8) is 0 Å². The van der Waals surface area contributed by atoms with Crippen molar-refractivity contribution in [3.05, 3.63) is 59.8 Å². The van der Waals surface area contributed by atoms with Gasteiger partial charge in [0.1, 0.15) is 0 Å². The molecule has 0 aliphatic heterocycles. The molecule has 0 saturated heterocycles. The lowest BCUT2D eigenvalue weighted by molar-refractivity contribution is 0.102. The SMILES string of the molecule is CN(C)Cc1ccccc1NC(=O)c1cccc2cn[nH]c12. The number of rotatable bonds is 4. The number of nitrogens with zero attached hydrogens (tertiary/aromatic N) is 2. The molecule has 0 aliphatic rings. The van der Waals surface area contributed by atoms with Gasteiger partial charge in [-0.15, -0.1) is 0 Å². The molecular weight excluding hydrogens is 276 g/mol. The Morgan fingerprint density at radius 3 is 2.82 bits per heavy atom. The van der Waals surface area contributed by atoms with E-state index in [2.05, 4.69) is 20.4 Å². The van der Waals surface area contributed by atoms with E-state index in [9.17, 15) is 4.79 Å². The van der Waals surface area contributed by atoms with Crippen molar-refractivity contribution in [2.45, 2.75) is 6.54 Å². The number of aromatic nitrogens is 2. The summed E-state index contributed by atoms with van der Waals surface area (Å²) in [7, 11) is 4.01. The minimum Gasteiger partial charge on any atom is -0.322 e. The lowest BCUT2D eigenvalue weighted by atomic mass is 10.1. The fourth-order valence-electron chi connectivity index (χ4n) is 2.47. The highest BCUT2D eigenvalue weighted by molar-refractivity contribution is 6.12. The van der Waals surface area contributed by atoms with Crippen molar-refractivity contribution in [3.8, 4) is 0 Å². The van der Waals surface area contributed by atoms with Gasteiger partial charge in [0.15, 0.2) is 0 Å². The van der Waals surface area contributed by atoms with E-state index in [1.54, 1.807) is 12.3 Å². The van der Waals surface area contributed by atoms with Gasteiger partial charge in [-0.2, -0.15) is 5.10 Å². The minimum absolute atomic E-state index is 0.138. The van der Waals surface area contributed by atoms with Gasteiger partial charge in [0.2, 0.25) is 0 Å². The fraction of sp³-hybridized carbons (Fsp3) is 0.176. The lowest BCUT2D eigenvalue weighted by Gasteiger charge is -2.15. The molecule has 2 N–H and O–H groups in total. The summed E-state index contributed by atoms with van der Waals surface area (Å²) >= 11 is 0. The zero-order valence-corrected chi connectivity index (χ0v) is 12.6. The van der Waals surface area contributed by atoms with E-state index in [0.29, 0.717) is 5.56 Å². The molecule has 0 bridgehead atoms. The fourth-order valence-corrected chi connectivity index (χ4v) is 2.47. The summed E-state index contributed by atoms with van der Waals surface area (Å²) in [4.78, 5) is 14.7. The Kier molecular flexibility index (Phi) is 3.89. The molecule has 0 saturated carbocycles. The Labute approximate surface area is 128 Å². The zero-order valence-electron chi connectivity index (χ0n) is 12.6. The van der Waals surface area contributed by atoms with E-state index < -0.39 is 0 Å². The van der Waals surface area contributed by atoms with Crippen molar-refractivity contribution in [2.75, 3.05) is 19.4 Å². The van der Waals surface area contributed by atoms with Crippen molar-refractivity contribution in [2.24, 2.45) is 0 Å². The molecule has 0 atom stereocenters. The van der Waals surface area contributed by atoms with Gasteiger partial charge in [0.25, 0.3) is 5.91 Å². The number of amides is 1. The quantitative estimate of drug-likeness (QED) is 0.778. The smallest absolute Gasteiger partial charge is 0.257 e. The molecule has 0 unspecified atom stereocenters. The second kappa shape index (κ2) is 5.99. The number of H-pyrrole nitrogens is 1. The van der Waals surface area contributed by atoms with Crippen molar-refractivity contribution in [1.29, 1.82) is 0 Å². The number of aromatic amines is 1. The molecule has 1 heterocycles. The summed E-state index contributed by atoms with van der Waals surface area (Å²) in [6.45, 7) is 0.769. The highest BCUT2D eigenvalue weighted by Gasteiger charge is 2.13. The highest BCUT2D eigenvalue weighted by Crippen LogP contribution is 2.20. The Balaban J connectivity index is 1.90. The van der Waals surface area contributed by atoms with Crippen LogP contribution in [0.4, 0.5) is 5.69 Å². The summed E-state index contributed by atoms with van der Waals surface area (Å²) < 4.78 is 0. The Bertz CT molecular complexity index is 807. The van der Waals surface area contributed by atoms with E-state index in [1.807, 2.05) is 50.5 Å². The van der Waals surface area contributed by atoms with Crippen molar-refractivity contribution in [1.82, 2.24) is 15.1 Å². The van der Waals surface area contributed by atoms with E-state index in [-0.39, 0.29) is 5.91 Å². The second-order valence-corrected chi connectivity index (χ2v) is 5.49. The van der Waals surface area contributed by atoms with Crippen LogP contribution in [0.15, 0.2) is 48.7 Å². The normalized spacial score (nSPS) is 11.0. The van der Waals surface area contributed by atoms with Gasteiger partial charge >= 0.3 is 0 Å². The standard InChI is InChI=1S/C17H18N4O/c1-21(2)11-13-6-3-4-9-15(13)19-17(22)14-8-5-7-12-10-18-20-16(12)14/h3-10H,11H2,1-2H3,(H,18,20)(H,19,22). The van der Waals surface area contributed by atoms with Crippen LogP contribution in [0, 0.1) is 0 Å². The predicted octanol–water partition coefficient (Wildman–Crippen LogP) is 2.88. The third kappa shape index (κ3) is 2.84. The molecule has 3 rings (SSSR count). The van der Waals surface area contributed by atoms with Gasteiger partial charge in [-0.3, -0.25) is 9.89 Å². The zero-order chi connectivity index (χ0) is 15.5. The van der Waals surface area contributed by atoms with Crippen LogP contribution in [0.3, 0.4) is 0 Å². The minimum atomic E-state index is -0.138. The van der Waals surface area contributed by atoms with Crippen LogP contribution >= 0.6 is 0 Å². The number of nitrogens with one attached hydrogen (secondary N) is 2. The summed E-state index contributed by atoms with van der Waals surface area (Å²) in [6, 6.07) is 13.4. The third-order valence-electron chi connectivity index (χ3n) is 3.47. The number of benzene rings is 2. The summed E-state index contributed by atoms with van der Waals surface area (Å²) in [5.41, 5.74) is 3.26. The molecular formula is C17H18N4O. The molecule has 5 nitrogen and oxygen atoms in total. The van der Waals surface area contributed by atoms with Gasteiger partial charge in [0, 0.05) is 17.6 Å². The van der Waals surface area contributed by atoms with Crippen molar-refractivity contribution < 1.29 is 4.79 Å². The molecule has 112 valence electrons. The molecule has 0 radical (unpaired) electrons. The van der Waals surface area contributed by atoms with Crippen LogP contribution in [0.5, 0.6) is 0 Å². The number of carbonyl (C=O) groups excluding carboxylic acids is 1. The van der Waals surface area contributed by atoms with E-state index in [1.165, 1.54) is 0 Å². The molecule has 1 aromatic heterocycles. The van der Waals surface area contributed by atoms with Crippen LogP contribution in [0.2, 0.25) is 0 Å². The number of hydrogen-bond donors (Lipinski definition) is 2. The monoisotopic (exact) mass is 294 g/mol. The first-order valence-corrected chi connectivity index (χ1v) is 7.11. The maximum atomic E-state index is 12.6. The van der Waals surface area contributed by atoms with Crippen LogP contribution in [0.1, 0.15) is 15.9 Å². The first-order chi connectivity index (χ1) is 10.6. The molecule has 0 spiro atoms. The average Bonchev–Trinajstić information content (AvgIpc) is 2.97. The van der Waals surface area contributed by atoms with E-state index in [4.69, 9.17) is 0 Å². The summed E-state index contributed by atoms with van der Waals surface area (Å²) in [5.74, 6) is -0.138. The number of fused-ring (bicyclic) bond motifs is 1. The molecule has 22 heavy (non-hydrogen) atoms. The number of carbonyl (C=O) groups is 1. The molecule has 3 aromatic rings. The number of para-hydroxylation sites is 2. The maximum Gasteiger partial charge on any atom is 0.257 e. The highest BCUT2D eigenvalue weighted by atomic mass is 16.1. The topological polar surface area (TPSA) is 61.0 Å². The maximum absolute atomic E-state index is 12.6. The Morgan fingerprint density at radius 2 is 2.00 bits per heavy atom. The van der Waals surface area contributed by atoms with Gasteiger partial charge in [-0.1, -0.05) is 30.3 Å². The summed E-state index contributed by atoms with van der Waals surface area (Å²) in [6.07, 6.45) is 1.71. The first kappa shape index (κ1) is 14.3. The molecule has 5 heteroatoms. The Morgan fingerprint density at radius 1 is 1.18 bits per heavy atom. The third-order valence-corrected chi connectivity index (χ3v) is 3.47. The second-order valence-electron chi connectivity index (χ2n) is 5.49. The van der Waals surface area contributed by atoms with Crippen LogP contribution < -0.4 is 5.32 Å². The van der Waals surface area contributed by atoms with Crippen LogP contribution in [0.25, 0.3) is 10.9 Å². The van der Waals surface area contributed by atoms with Gasteiger partial charge < -0.3 is 10.2 Å². The lowest BCUT2D eigenvalue weighted by Crippen LogP contribution is -2.17. The van der Waals surface area contributed by atoms with Gasteiger partial charge in [-0.05, 0) is 31.8 Å². The van der Waals surface area contributed by atoms with Crippen LogP contribution in [-0.2, 0) is 6.54 Å². The first-order valence-electron chi connectivity index (χ1n) is 7.11. The van der Waals surface area contributed by atoms with Gasteiger partial charge in [-0.25, -0.2) is 0 Å². The predicted molar refractivity (Wildman–Crippen MR) is 87.9 cm³/mol. The number of hydrogen-bond acceptors (Lipinski definition) is 3. The van der Waals surface area contributed by atoms with Crippen molar-refractivity contribution >= 4 is 22.5 Å². The van der Waals surface area contributed by atoms with E-state index >= 15 is 0 Å². The average molecular weight is 294 g/mol. The summed E-state index contributed by atoms with van der Waals surface area (Å²) in [5, 5.41) is 10.8. The molecule has 0 aliphatic carbocycles. The van der Waals surface area contributed by atoms with Crippen LogP contribution in [-0.4, -0.2) is 35.1 Å².